The monoisotopic (exact) mass is 310 g/mol. The van der Waals surface area contributed by atoms with E-state index in [1.807, 2.05) is 12.1 Å². The molecular formula is C13H15BrN2O2. The molecule has 0 bridgehead atoms. The van der Waals surface area contributed by atoms with Gasteiger partial charge in [0.15, 0.2) is 0 Å². The van der Waals surface area contributed by atoms with Gasteiger partial charge >= 0.3 is 5.97 Å². The molecule has 4 nitrogen and oxygen atoms in total. The second-order valence-electron chi connectivity index (χ2n) is 4.11. The second-order valence-corrected chi connectivity index (χ2v) is 5.03. The predicted octanol–water partition coefficient (Wildman–Crippen LogP) is 3.23. The smallest absolute Gasteiger partial charge is 0.306 e. The highest BCUT2D eigenvalue weighted by Gasteiger charge is 2.09. The number of hydrogen-bond donors (Lipinski definition) is 2. The van der Waals surface area contributed by atoms with E-state index in [9.17, 15) is 4.79 Å². The molecule has 0 saturated carbocycles. The van der Waals surface area contributed by atoms with Gasteiger partial charge in [0, 0.05) is 11.0 Å². The molecule has 1 unspecified atom stereocenters. The van der Waals surface area contributed by atoms with Crippen LogP contribution in [-0.4, -0.2) is 17.6 Å². The summed E-state index contributed by atoms with van der Waals surface area (Å²) in [6.07, 6.45) is 1.38. The molecule has 0 aliphatic heterocycles. The number of nitrogens with zero attached hydrogens (tertiary/aromatic N) is 1. The quantitative estimate of drug-likeness (QED) is 0.791. The fraction of sp³-hybridized carbons (Fsp3) is 0.385. The molecule has 96 valence electrons. The first kappa shape index (κ1) is 14.5. The average molecular weight is 311 g/mol. The lowest BCUT2D eigenvalue weighted by Gasteiger charge is -2.10. The normalized spacial score (nSPS) is 11.6. The van der Waals surface area contributed by atoms with Crippen LogP contribution in [0.4, 0.5) is 5.69 Å². The fourth-order valence-electron chi connectivity index (χ4n) is 1.52. The molecule has 0 amide bonds. The molecule has 1 aromatic rings. The first-order valence-electron chi connectivity index (χ1n) is 5.71. The van der Waals surface area contributed by atoms with E-state index in [-0.39, 0.29) is 5.92 Å². The van der Waals surface area contributed by atoms with Crippen molar-refractivity contribution in [3.8, 4) is 6.07 Å². The number of rotatable bonds is 6. The van der Waals surface area contributed by atoms with Crippen molar-refractivity contribution in [2.24, 2.45) is 5.92 Å². The van der Waals surface area contributed by atoms with Crippen LogP contribution < -0.4 is 5.32 Å². The van der Waals surface area contributed by atoms with Crippen LogP contribution in [0.25, 0.3) is 0 Å². The summed E-state index contributed by atoms with van der Waals surface area (Å²) in [4.78, 5) is 10.6. The van der Waals surface area contributed by atoms with Crippen LogP contribution in [0.3, 0.4) is 0 Å². The Morgan fingerprint density at radius 1 is 1.61 bits per heavy atom. The third-order valence-electron chi connectivity index (χ3n) is 2.65. The van der Waals surface area contributed by atoms with Gasteiger partial charge in [0.05, 0.1) is 17.2 Å². The van der Waals surface area contributed by atoms with Crippen molar-refractivity contribution in [3.05, 3.63) is 28.2 Å². The molecule has 1 atom stereocenters. The minimum atomic E-state index is -0.768. The van der Waals surface area contributed by atoms with Gasteiger partial charge in [0.25, 0.3) is 0 Å². The number of nitrogens with one attached hydrogen (secondary N) is 1. The molecule has 0 fully saturated rings. The lowest BCUT2D eigenvalue weighted by molar-refractivity contribution is -0.141. The SMILES string of the molecule is CC(CCCNc1cc(Br)ccc1C#N)C(=O)O. The predicted molar refractivity (Wildman–Crippen MR) is 73.4 cm³/mol. The summed E-state index contributed by atoms with van der Waals surface area (Å²) < 4.78 is 0.905. The van der Waals surface area contributed by atoms with E-state index in [0.29, 0.717) is 18.5 Å². The van der Waals surface area contributed by atoms with Crippen molar-refractivity contribution in [2.45, 2.75) is 19.8 Å². The van der Waals surface area contributed by atoms with Crippen LogP contribution in [0.1, 0.15) is 25.3 Å². The molecule has 1 rings (SSSR count). The minimum Gasteiger partial charge on any atom is -0.481 e. The number of carboxylic acids is 1. The van der Waals surface area contributed by atoms with Crippen molar-refractivity contribution >= 4 is 27.6 Å². The molecule has 0 aliphatic rings. The molecule has 0 radical (unpaired) electrons. The van der Waals surface area contributed by atoms with Gasteiger partial charge in [0.1, 0.15) is 6.07 Å². The molecule has 1 aromatic carbocycles. The van der Waals surface area contributed by atoms with Gasteiger partial charge in [-0.1, -0.05) is 22.9 Å². The molecule has 18 heavy (non-hydrogen) atoms. The van der Waals surface area contributed by atoms with E-state index in [1.165, 1.54) is 0 Å². The highest BCUT2D eigenvalue weighted by molar-refractivity contribution is 9.10. The number of benzene rings is 1. The third kappa shape index (κ3) is 4.38. The van der Waals surface area contributed by atoms with Gasteiger partial charge in [-0.15, -0.1) is 0 Å². The number of hydrogen-bond acceptors (Lipinski definition) is 3. The molecule has 0 heterocycles. The van der Waals surface area contributed by atoms with Gasteiger partial charge < -0.3 is 10.4 Å². The van der Waals surface area contributed by atoms with Crippen LogP contribution >= 0.6 is 15.9 Å². The fourth-order valence-corrected chi connectivity index (χ4v) is 1.88. The maximum absolute atomic E-state index is 10.6. The van der Waals surface area contributed by atoms with Gasteiger partial charge in [-0.3, -0.25) is 4.79 Å². The van der Waals surface area contributed by atoms with Crippen molar-refractivity contribution in [1.82, 2.24) is 0 Å². The maximum atomic E-state index is 10.6. The summed E-state index contributed by atoms with van der Waals surface area (Å²) in [5.74, 6) is -1.10. The van der Waals surface area contributed by atoms with Crippen LogP contribution in [0.2, 0.25) is 0 Å². The number of carbonyl (C=O) groups is 1. The number of aliphatic carboxylic acids is 1. The Labute approximate surface area is 115 Å². The molecule has 0 spiro atoms. The lowest BCUT2D eigenvalue weighted by atomic mass is 10.1. The molecule has 5 heteroatoms. The summed E-state index contributed by atoms with van der Waals surface area (Å²) in [7, 11) is 0. The molecule has 0 aliphatic carbocycles. The summed E-state index contributed by atoms with van der Waals surface area (Å²) in [5, 5.41) is 20.8. The van der Waals surface area contributed by atoms with E-state index in [4.69, 9.17) is 10.4 Å². The third-order valence-corrected chi connectivity index (χ3v) is 3.15. The van der Waals surface area contributed by atoms with Crippen molar-refractivity contribution in [1.29, 1.82) is 5.26 Å². The summed E-state index contributed by atoms with van der Waals surface area (Å²) in [5.41, 5.74) is 1.36. The van der Waals surface area contributed by atoms with Crippen LogP contribution in [-0.2, 0) is 4.79 Å². The zero-order valence-corrected chi connectivity index (χ0v) is 11.7. The average Bonchev–Trinajstić information content (AvgIpc) is 2.34. The second kappa shape index (κ2) is 7.02. The standard InChI is InChI=1S/C13H15BrN2O2/c1-9(13(17)18)3-2-6-16-12-7-11(14)5-4-10(12)8-15/h4-5,7,9,16H,2-3,6H2,1H3,(H,17,18). The number of carboxylic acid groups (broad SMARTS) is 1. The van der Waals surface area contributed by atoms with Gasteiger partial charge in [-0.25, -0.2) is 0 Å². The van der Waals surface area contributed by atoms with Gasteiger partial charge in [-0.05, 0) is 31.0 Å². The lowest BCUT2D eigenvalue weighted by Crippen LogP contribution is -2.11. The Morgan fingerprint density at radius 2 is 2.33 bits per heavy atom. The number of nitriles is 1. The van der Waals surface area contributed by atoms with Crippen molar-refractivity contribution < 1.29 is 9.90 Å². The van der Waals surface area contributed by atoms with Crippen LogP contribution in [0.15, 0.2) is 22.7 Å². The van der Waals surface area contributed by atoms with E-state index < -0.39 is 5.97 Å². The van der Waals surface area contributed by atoms with Crippen LogP contribution in [0, 0.1) is 17.2 Å². The minimum absolute atomic E-state index is 0.329. The number of halogens is 1. The molecular weight excluding hydrogens is 296 g/mol. The Bertz CT molecular complexity index is 469. The van der Waals surface area contributed by atoms with Gasteiger partial charge in [0.2, 0.25) is 0 Å². The zero-order chi connectivity index (χ0) is 13.5. The maximum Gasteiger partial charge on any atom is 0.306 e. The van der Waals surface area contributed by atoms with E-state index in [2.05, 4.69) is 27.3 Å². The van der Waals surface area contributed by atoms with Crippen molar-refractivity contribution in [2.75, 3.05) is 11.9 Å². The van der Waals surface area contributed by atoms with Crippen LogP contribution in [0.5, 0.6) is 0 Å². The Kier molecular flexibility index (Phi) is 5.66. The molecule has 0 aromatic heterocycles. The largest absolute Gasteiger partial charge is 0.481 e. The highest BCUT2D eigenvalue weighted by Crippen LogP contribution is 2.21. The first-order valence-corrected chi connectivity index (χ1v) is 6.50. The summed E-state index contributed by atoms with van der Waals surface area (Å²) >= 11 is 3.35. The molecule has 0 saturated heterocycles. The Hall–Kier alpha value is -1.54. The molecule has 2 N–H and O–H groups in total. The highest BCUT2D eigenvalue weighted by atomic mass is 79.9. The van der Waals surface area contributed by atoms with Crippen molar-refractivity contribution in [3.63, 3.8) is 0 Å². The first-order chi connectivity index (χ1) is 8.54. The van der Waals surface area contributed by atoms with Gasteiger partial charge in [-0.2, -0.15) is 5.26 Å². The van der Waals surface area contributed by atoms with E-state index >= 15 is 0 Å². The number of anilines is 1. The van der Waals surface area contributed by atoms with E-state index in [0.717, 1.165) is 16.6 Å². The zero-order valence-electron chi connectivity index (χ0n) is 10.1. The summed E-state index contributed by atoms with van der Waals surface area (Å²) in [6, 6.07) is 7.52. The Morgan fingerprint density at radius 3 is 2.94 bits per heavy atom. The topological polar surface area (TPSA) is 73.1 Å². The Balaban J connectivity index is 2.47. The summed E-state index contributed by atoms with van der Waals surface area (Å²) in [6.45, 7) is 2.35. The van der Waals surface area contributed by atoms with E-state index in [1.54, 1.807) is 13.0 Å².